The monoisotopic (exact) mass is 292 g/mol. The highest BCUT2D eigenvalue weighted by atomic mass is 35.5. The molecule has 1 rings (SSSR count). The van der Waals surface area contributed by atoms with E-state index < -0.39 is 0 Å². The lowest BCUT2D eigenvalue weighted by Gasteiger charge is -2.13. The fraction of sp³-hybridized carbons (Fsp3) is 0.455. The summed E-state index contributed by atoms with van der Waals surface area (Å²) in [5.74, 6) is 0.837. The van der Waals surface area contributed by atoms with Crippen LogP contribution < -0.4 is 5.32 Å². The van der Waals surface area contributed by atoms with Crippen LogP contribution in [0.3, 0.4) is 0 Å². The van der Waals surface area contributed by atoms with E-state index in [1.54, 1.807) is 11.8 Å². The Balaban J connectivity index is 2.63. The highest BCUT2D eigenvalue weighted by molar-refractivity contribution is 7.98. The lowest BCUT2D eigenvalue weighted by molar-refractivity contribution is 0.0939. The smallest absolute Gasteiger partial charge is 0.251 e. The number of aromatic nitrogens is 1. The molecule has 0 radical (unpaired) electrons. The van der Waals surface area contributed by atoms with Crippen LogP contribution in [0, 0.1) is 0 Å². The normalized spacial score (nSPS) is 12.2. The number of halogens is 2. The maximum atomic E-state index is 11.9. The van der Waals surface area contributed by atoms with Gasteiger partial charge in [-0.25, -0.2) is 4.98 Å². The highest BCUT2D eigenvalue weighted by Crippen LogP contribution is 2.14. The third kappa shape index (κ3) is 5.15. The van der Waals surface area contributed by atoms with Crippen LogP contribution in [0.25, 0.3) is 0 Å². The van der Waals surface area contributed by atoms with E-state index in [4.69, 9.17) is 23.2 Å². The van der Waals surface area contributed by atoms with Gasteiger partial charge in [0.05, 0.1) is 0 Å². The Morgan fingerprint density at radius 3 is 2.59 bits per heavy atom. The minimum Gasteiger partial charge on any atom is -0.350 e. The van der Waals surface area contributed by atoms with Crippen molar-refractivity contribution >= 4 is 40.9 Å². The fourth-order valence-electron chi connectivity index (χ4n) is 1.27. The fourth-order valence-corrected chi connectivity index (χ4v) is 2.32. The van der Waals surface area contributed by atoms with Crippen LogP contribution >= 0.6 is 35.0 Å². The molecule has 0 aromatic carbocycles. The van der Waals surface area contributed by atoms with Gasteiger partial charge in [-0.2, -0.15) is 11.8 Å². The molecule has 0 bridgehead atoms. The Morgan fingerprint density at radius 1 is 1.47 bits per heavy atom. The first-order valence-corrected chi connectivity index (χ1v) is 7.30. The van der Waals surface area contributed by atoms with Crippen molar-refractivity contribution in [3.63, 3.8) is 0 Å². The maximum Gasteiger partial charge on any atom is 0.251 e. The van der Waals surface area contributed by atoms with E-state index in [1.807, 2.05) is 13.2 Å². The summed E-state index contributed by atoms with van der Waals surface area (Å²) in [6.45, 7) is 1.97. The second-order valence-electron chi connectivity index (χ2n) is 3.66. The molecule has 6 heteroatoms. The van der Waals surface area contributed by atoms with Gasteiger partial charge in [0.1, 0.15) is 10.3 Å². The molecular formula is C11H14Cl2N2OS. The summed E-state index contributed by atoms with van der Waals surface area (Å²) in [7, 11) is 0. The number of nitrogens with one attached hydrogen (secondary N) is 1. The second-order valence-corrected chi connectivity index (χ2v) is 5.42. The molecular weight excluding hydrogens is 279 g/mol. The van der Waals surface area contributed by atoms with E-state index in [0.29, 0.717) is 5.56 Å². The summed E-state index contributed by atoms with van der Waals surface area (Å²) in [6, 6.07) is 3.13. The van der Waals surface area contributed by atoms with E-state index in [0.717, 1.165) is 12.2 Å². The summed E-state index contributed by atoms with van der Waals surface area (Å²) in [5.41, 5.74) is 0.436. The molecule has 1 unspecified atom stereocenters. The maximum absolute atomic E-state index is 11.9. The van der Waals surface area contributed by atoms with E-state index in [2.05, 4.69) is 10.3 Å². The summed E-state index contributed by atoms with van der Waals surface area (Å²) in [6.07, 6.45) is 2.97. The highest BCUT2D eigenvalue weighted by Gasteiger charge is 2.11. The number of carbonyl (C=O) groups is 1. The van der Waals surface area contributed by atoms with Crippen LogP contribution in [-0.4, -0.2) is 28.9 Å². The summed E-state index contributed by atoms with van der Waals surface area (Å²) in [5, 5.41) is 3.33. The van der Waals surface area contributed by atoms with Gasteiger partial charge in [0.25, 0.3) is 5.91 Å². The zero-order valence-corrected chi connectivity index (χ0v) is 12.0. The van der Waals surface area contributed by atoms with Crippen LogP contribution in [0.5, 0.6) is 0 Å². The molecule has 0 aliphatic heterocycles. The lowest BCUT2D eigenvalue weighted by atomic mass is 10.2. The van der Waals surface area contributed by atoms with Gasteiger partial charge in [0.2, 0.25) is 0 Å². The Labute approximate surface area is 115 Å². The van der Waals surface area contributed by atoms with Crippen molar-refractivity contribution in [2.75, 3.05) is 12.0 Å². The van der Waals surface area contributed by atoms with Crippen molar-refractivity contribution in [1.29, 1.82) is 0 Å². The zero-order valence-electron chi connectivity index (χ0n) is 9.67. The molecule has 17 heavy (non-hydrogen) atoms. The molecule has 0 saturated heterocycles. The third-order valence-corrected chi connectivity index (χ3v) is 3.19. The number of amides is 1. The van der Waals surface area contributed by atoms with E-state index >= 15 is 0 Å². The number of rotatable bonds is 5. The van der Waals surface area contributed by atoms with Gasteiger partial charge in [0, 0.05) is 11.6 Å². The minimum atomic E-state index is -0.176. The number of nitrogens with zero attached hydrogens (tertiary/aromatic N) is 1. The van der Waals surface area contributed by atoms with Crippen molar-refractivity contribution in [3.05, 3.63) is 28.0 Å². The number of hydrogen-bond acceptors (Lipinski definition) is 3. The Hall–Kier alpha value is -0.450. The van der Waals surface area contributed by atoms with Crippen LogP contribution in [0.2, 0.25) is 10.3 Å². The van der Waals surface area contributed by atoms with Gasteiger partial charge in [-0.1, -0.05) is 23.2 Å². The summed E-state index contributed by atoms with van der Waals surface area (Å²) in [4.78, 5) is 15.7. The Morgan fingerprint density at radius 2 is 2.06 bits per heavy atom. The minimum absolute atomic E-state index is 0.126. The lowest BCUT2D eigenvalue weighted by Crippen LogP contribution is -2.33. The topological polar surface area (TPSA) is 42.0 Å². The van der Waals surface area contributed by atoms with E-state index in [-0.39, 0.29) is 22.3 Å². The van der Waals surface area contributed by atoms with Crippen LogP contribution in [0.4, 0.5) is 0 Å². The van der Waals surface area contributed by atoms with Crippen LogP contribution in [0.15, 0.2) is 12.1 Å². The largest absolute Gasteiger partial charge is 0.350 e. The number of carbonyl (C=O) groups excluding carboxylic acids is 1. The summed E-state index contributed by atoms with van der Waals surface area (Å²) < 4.78 is 0. The van der Waals surface area contributed by atoms with Crippen molar-refractivity contribution in [1.82, 2.24) is 10.3 Å². The van der Waals surface area contributed by atoms with Gasteiger partial charge in [0.15, 0.2) is 0 Å². The molecule has 3 nitrogen and oxygen atoms in total. The van der Waals surface area contributed by atoms with Crippen molar-refractivity contribution in [2.45, 2.75) is 19.4 Å². The van der Waals surface area contributed by atoms with Gasteiger partial charge < -0.3 is 5.32 Å². The molecule has 1 N–H and O–H groups in total. The second kappa shape index (κ2) is 7.09. The molecule has 1 amide bonds. The molecule has 1 heterocycles. The molecule has 0 aliphatic rings. The van der Waals surface area contributed by atoms with Gasteiger partial charge in [-0.3, -0.25) is 4.79 Å². The molecule has 0 aliphatic carbocycles. The number of hydrogen-bond donors (Lipinski definition) is 1. The molecule has 1 aromatic rings. The van der Waals surface area contributed by atoms with E-state index in [9.17, 15) is 4.79 Å². The molecule has 94 valence electrons. The van der Waals surface area contributed by atoms with Gasteiger partial charge in [-0.15, -0.1) is 0 Å². The average molecular weight is 293 g/mol. The number of pyridine rings is 1. The first-order chi connectivity index (χ1) is 8.02. The SMILES string of the molecule is CSCCC(C)NC(=O)c1cc(Cl)nc(Cl)c1. The quantitative estimate of drug-likeness (QED) is 0.847. The third-order valence-electron chi connectivity index (χ3n) is 2.16. The van der Waals surface area contributed by atoms with E-state index in [1.165, 1.54) is 12.1 Å². The predicted molar refractivity (Wildman–Crippen MR) is 74.2 cm³/mol. The Kier molecular flexibility index (Phi) is 6.09. The van der Waals surface area contributed by atoms with Gasteiger partial charge in [-0.05, 0) is 37.5 Å². The first-order valence-electron chi connectivity index (χ1n) is 5.16. The molecule has 0 fully saturated rings. The Bertz CT molecular complexity index is 381. The predicted octanol–water partition coefficient (Wildman–Crippen LogP) is 3.26. The molecule has 1 aromatic heterocycles. The zero-order chi connectivity index (χ0) is 12.8. The van der Waals surface area contributed by atoms with Gasteiger partial charge >= 0.3 is 0 Å². The first kappa shape index (κ1) is 14.6. The van der Waals surface area contributed by atoms with Crippen LogP contribution in [0.1, 0.15) is 23.7 Å². The molecule has 1 atom stereocenters. The van der Waals surface area contributed by atoms with Crippen molar-refractivity contribution in [2.24, 2.45) is 0 Å². The number of thioether (sulfide) groups is 1. The average Bonchev–Trinajstić information content (AvgIpc) is 2.25. The molecule has 0 spiro atoms. The van der Waals surface area contributed by atoms with Crippen molar-refractivity contribution < 1.29 is 4.79 Å². The van der Waals surface area contributed by atoms with Crippen molar-refractivity contribution in [3.8, 4) is 0 Å². The standard InChI is InChI=1S/C11H14Cl2N2OS/c1-7(3-4-17-2)14-11(16)8-5-9(12)15-10(13)6-8/h5-7H,3-4H2,1-2H3,(H,14,16). The van der Waals surface area contributed by atoms with Crippen LogP contribution in [-0.2, 0) is 0 Å². The summed E-state index contributed by atoms with van der Waals surface area (Å²) >= 11 is 13.2. The molecule has 0 saturated carbocycles.